The van der Waals surface area contributed by atoms with E-state index >= 15 is 0 Å². The van der Waals surface area contributed by atoms with Gasteiger partial charge in [0.1, 0.15) is 0 Å². The molecule has 2 aromatic rings. The van der Waals surface area contributed by atoms with Crippen molar-refractivity contribution >= 4 is 15.7 Å². The molecule has 0 radical (unpaired) electrons. The topological polar surface area (TPSA) is 67.3 Å². The lowest BCUT2D eigenvalue weighted by molar-refractivity contribution is -0.141. The maximum atomic E-state index is 13.0. The summed E-state index contributed by atoms with van der Waals surface area (Å²) in [7, 11) is -1.98. The van der Waals surface area contributed by atoms with Crippen molar-refractivity contribution in [3.63, 3.8) is 0 Å². The van der Waals surface area contributed by atoms with Crippen LogP contribution in [0.25, 0.3) is 0 Å². The van der Waals surface area contributed by atoms with Gasteiger partial charge in [-0.3, -0.25) is 9.78 Å². The first kappa shape index (κ1) is 18.9. The minimum atomic E-state index is -4.73. The highest BCUT2D eigenvalue weighted by molar-refractivity contribution is 7.90. The highest BCUT2D eigenvalue weighted by atomic mass is 32.2. The van der Waals surface area contributed by atoms with E-state index in [4.69, 9.17) is 0 Å². The van der Waals surface area contributed by atoms with Gasteiger partial charge in [0.05, 0.1) is 10.5 Å². The Labute approximate surface area is 143 Å². The number of sulfone groups is 1. The van der Waals surface area contributed by atoms with Crippen LogP contribution in [-0.4, -0.2) is 37.5 Å². The molecule has 0 aliphatic rings. The molecule has 1 aromatic heterocycles. The molecule has 134 valence electrons. The maximum Gasteiger partial charge on any atom is 0.434 e. The summed E-state index contributed by atoms with van der Waals surface area (Å²) in [6.45, 7) is 0.0229. The number of carbonyl (C=O) groups excluding carboxylic acids is 1. The first-order chi connectivity index (χ1) is 11.5. The largest absolute Gasteiger partial charge is 0.434 e. The quantitative estimate of drug-likeness (QED) is 0.828. The van der Waals surface area contributed by atoms with Gasteiger partial charge in [0.25, 0.3) is 5.91 Å². The second kappa shape index (κ2) is 6.83. The lowest BCUT2D eigenvalue weighted by Gasteiger charge is -2.19. The van der Waals surface area contributed by atoms with Crippen molar-refractivity contribution in [1.82, 2.24) is 9.88 Å². The fourth-order valence-electron chi connectivity index (χ4n) is 2.20. The van der Waals surface area contributed by atoms with Gasteiger partial charge in [-0.1, -0.05) is 12.1 Å². The van der Waals surface area contributed by atoms with Gasteiger partial charge < -0.3 is 4.90 Å². The Morgan fingerprint density at radius 3 is 2.28 bits per heavy atom. The maximum absolute atomic E-state index is 13.0. The van der Waals surface area contributed by atoms with E-state index in [2.05, 4.69) is 4.98 Å². The highest BCUT2D eigenvalue weighted by Gasteiger charge is 2.37. The summed E-state index contributed by atoms with van der Waals surface area (Å²) in [4.78, 5) is 16.8. The third-order valence-corrected chi connectivity index (χ3v) is 4.55. The van der Waals surface area contributed by atoms with Crippen LogP contribution >= 0.6 is 0 Å². The number of alkyl halides is 3. The standard InChI is InChI=1S/C16H15F3N2O3S/c1-21(10-11-5-7-12(8-6-11)25(2,23)24)15(22)13-4-3-9-20-14(13)16(17,18)19/h3-9H,10H2,1-2H3. The molecule has 1 aromatic carbocycles. The van der Waals surface area contributed by atoms with Gasteiger partial charge in [-0.25, -0.2) is 8.42 Å². The number of carbonyl (C=O) groups is 1. The smallest absolute Gasteiger partial charge is 0.337 e. The van der Waals surface area contributed by atoms with E-state index in [9.17, 15) is 26.4 Å². The number of hydrogen-bond acceptors (Lipinski definition) is 4. The Morgan fingerprint density at radius 1 is 1.16 bits per heavy atom. The molecule has 1 amide bonds. The molecular formula is C16H15F3N2O3S. The van der Waals surface area contributed by atoms with E-state index < -0.39 is 33.2 Å². The summed E-state index contributed by atoms with van der Waals surface area (Å²) in [6, 6.07) is 8.11. The molecule has 1 heterocycles. The number of aromatic nitrogens is 1. The number of hydrogen-bond donors (Lipinski definition) is 0. The molecule has 9 heteroatoms. The van der Waals surface area contributed by atoms with E-state index in [0.29, 0.717) is 5.56 Å². The van der Waals surface area contributed by atoms with Crippen LogP contribution in [0.15, 0.2) is 47.5 Å². The summed E-state index contributed by atoms with van der Waals surface area (Å²) < 4.78 is 61.7. The van der Waals surface area contributed by atoms with Crippen LogP contribution in [0.4, 0.5) is 13.2 Å². The van der Waals surface area contributed by atoms with Crippen molar-refractivity contribution < 1.29 is 26.4 Å². The van der Waals surface area contributed by atoms with E-state index in [-0.39, 0.29) is 11.4 Å². The zero-order chi connectivity index (χ0) is 18.8. The van der Waals surface area contributed by atoms with E-state index in [1.807, 2.05) is 0 Å². The normalized spacial score (nSPS) is 12.0. The Hall–Kier alpha value is -2.42. The molecule has 0 fully saturated rings. The monoisotopic (exact) mass is 372 g/mol. The first-order valence-electron chi connectivity index (χ1n) is 7.07. The fraction of sp³-hybridized carbons (Fsp3) is 0.250. The third-order valence-electron chi connectivity index (χ3n) is 3.42. The van der Waals surface area contributed by atoms with Crippen LogP contribution in [-0.2, 0) is 22.6 Å². The predicted octanol–water partition coefficient (Wildman–Crippen LogP) is 2.78. The van der Waals surface area contributed by atoms with Crippen LogP contribution in [0.5, 0.6) is 0 Å². The molecule has 0 aliphatic heterocycles. The predicted molar refractivity (Wildman–Crippen MR) is 84.6 cm³/mol. The Morgan fingerprint density at radius 2 is 1.76 bits per heavy atom. The average molecular weight is 372 g/mol. The van der Waals surface area contributed by atoms with Gasteiger partial charge in [0.2, 0.25) is 0 Å². The lowest BCUT2D eigenvalue weighted by atomic mass is 10.1. The van der Waals surface area contributed by atoms with Gasteiger partial charge in [0, 0.05) is 26.0 Å². The second-order valence-corrected chi connectivity index (χ2v) is 7.49. The van der Waals surface area contributed by atoms with Crippen LogP contribution < -0.4 is 0 Å². The van der Waals surface area contributed by atoms with Crippen molar-refractivity contribution in [1.29, 1.82) is 0 Å². The van der Waals surface area contributed by atoms with E-state index in [0.717, 1.165) is 23.4 Å². The van der Waals surface area contributed by atoms with Crippen LogP contribution in [0, 0.1) is 0 Å². The SMILES string of the molecule is CN(Cc1ccc(S(C)(=O)=O)cc1)C(=O)c1cccnc1C(F)(F)F. The van der Waals surface area contributed by atoms with Gasteiger partial charge in [0.15, 0.2) is 15.5 Å². The van der Waals surface area contributed by atoms with E-state index in [1.165, 1.54) is 37.4 Å². The van der Waals surface area contributed by atoms with Gasteiger partial charge >= 0.3 is 6.18 Å². The Bertz CT molecular complexity index is 878. The number of nitrogens with zero attached hydrogens (tertiary/aromatic N) is 2. The van der Waals surface area contributed by atoms with Gasteiger partial charge in [-0.15, -0.1) is 0 Å². The van der Waals surface area contributed by atoms with Crippen molar-refractivity contribution in [3.05, 3.63) is 59.4 Å². The Balaban J connectivity index is 2.22. The second-order valence-electron chi connectivity index (χ2n) is 5.47. The van der Waals surface area contributed by atoms with E-state index in [1.54, 1.807) is 0 Å². The summed E-state index contributed by atoms with van der Waals surface area (Å²) in [5, 5.41) is 0. The third kappa shape index (κ3) is 4.56. The number of halogens is 3. The molecule has 0 atom stereocenters. The minimum Gasteiger partial charge on any atom is -0.337 e. The molecule has 0 spiro atoms. The average Bonchev–Trinajstić information content (AvgIpc) is 2.53. The molecule has 0 aliphatic carbocycles. The molecular weight excluding hydrogens is 357 g/mol. The number of benzene rings is 1. The van der Waals surface area contributed by atoms with Crippen LogP contribution in [0.1, 0.15) is 21.6 Å². The van der Waals surface area contributed by atoms with Crippen LogP contribution in [0.3, 0.4) is 0 Å². The number of rotatable bonds is 4. The summed E-state index contributed by atoms with van der Waals surface area (Å²) >= 11 is 0. The molecule has 0 N–H and O–H groups in total. The lowest BCUT2D eigenvalue weighted by Crippen LogP contribution is -2.29. The van der Waals surface area contributed by atoms with Crippen LogP contribution in [0.2, 0.25) is 0 Å². The summed E-state index contributed by atoms with van der Waals surface area (Å²) in [5.41, 5.74) is -1.19. The Kier molecular flexibility index (Phi) is 5.17. The fourth-order valence-corrected chi connectivity index (χ4v) is 2.83. The first-order valence-corrected chi connectivity index (χ1v) is 8.96. The van der Waals surface area contributed by atoms with Crippen molar-refractivity contribution in [2.24, 2.45) is 0 Å². The summed E-state index contributed by atoms with van der Waals surface area (Å²) in [5.74, 6) is -0.826. The molecule has 25 heavy (non-hydrogen) atoms. The highest BCUT2D eigenvalue weighted by Crippen LogP contribution is 2.30. The van der Waals surface area contributed by atoms with Crippen molar-refractivity contribution in [3.8, 4) is 0 Å². The van der Waals surface area contributed by atoms with Gasteiger partial charge in [-0.05, 0) is 29.8 Å². The zero-order valence-corrected chi connectivity index (χ0v) is 14.2. The molecule has 0 saturated heterocycles. The van der Waals surface area contributed by atoms with Crippen molar-refractivity contribution in [2.45, 2.75) is 17.6 Å². The number of pyridine rings is 1. The zero-order valence-electron chi connectivity index (χ0n) is 13.4. The molecule has 2 rings (SSSR count). The molecule has 0 bridgehead atoms. The molecule has 0 saturated carbocycles. The van der Waals surface area contributed by atoms with Crippen molar-refractivity contribution in [2.75, 3.05) is 13.3 Å². The minimum absolute atomic E-state index is 0.0229. The molecule has 5 nitrogen and oxygen atoms in total. The number of amides is 1. The summed E-state index contributed by atoms with van der Waals surface area (Å²) in [6.07, 6.45) is -2.69. The molecule has 0 unspecified atom stereocenters. The van der Waals surface area contributed by atoms with Gasteiger partial charge in [-0.2, -0.15) is 13.2 Å².